The Morgan fingerprint density at radius 3 is 2.81 bits per heavy atom. The number of nitrogens with zero attached hydrogens (tertiary/aromatic N) is 1. The highest BCUT2D eigenvalue weighted by Crippen LogP contribution is 2.50. The number of aryl methyl sites for hydroxylation is 1. The van der Waals surface area contributed by atoms with E-state index in [1.807, 2.05) is 0 Å². The van der Waals surface area contributed by atoms with Crippen molar-refractivity contribution in [1.29, 1.82) is 0 Å². The van der Waals surface area contributed by atoms with Crippen molar-refractivity contribution in [3.05, 3.63) is 35.6 Å². The van der Waals surface area contributed by atoms with Gasteiger partial charge in [0.15, 0.2) is 5.82 Å². The third-order valence-corrected chi connectivity index (χ3v) is 4.88. The molecule has 1 heterocycles. The van der Waals surface area contributed by atoms with Crippen LogP contribution in [0.5, 0.6) is 0 Å². The lowest BCUT2D eigenvalue weighted by Crippen LogP contribution is -2.26. The van der Waals surface area contributed by atoms with Crippen LogP contribution in [0.15, 0.2) is 28.8 Å². The Morgan fingerprint density at radius 2 is 2.10 bits per heavy atom. The van der Waals surface area contributed by atoms with Crippen molar-refractivity contribution in [2.45, 2.75) is 52.4 Å². The summed E-state index contributed by atoms with van der Waals surface area (Å²) >= 11 is 0. The van der Waals surface area contributed by atoms with Gasteiger partial charge in [0.2, 0.25) is 0 Å². The molecule has 0 saturated heterocycles. The molecule has 112 valence electrons. The molecular weight excluding hydrogens is 260 g/mol. The monoisotopic (exact) mass is 284 g/mol. The maximum Gasteiger partial charge on any atom is 0.175 e. The van der Waals surface area contributed by atoms with E-state index in [9.17, 15) is 0 Å². The topological polar surface area (TPSA) is 52.0 Å². The summed E-state index contributed by atoms with van der Waals surface area (Å²) in [5.74, 6) is 1.88. The second-order valence-corrected chi connectivity index (χ2v) is 6.96. The zero-order valence-electron chi connectivity index (χ0n) is 13.1. The van der Waals surface area contributed by atoms with Gasteiger partial charge in [0.1, 0.15) is 5.76 Å². The maximum absolute atomic E-state index is 6.11. The van der Waals surface area contributed by atoms with Gasteiger partial charge in [-0.3, -0.25) is 0 Å². The Hall–Kier alpha value is -1.77. The fourth-order valence-corrected chi connectivity index (χ4v) is 3.62. The number of hydrogen-bond donors (Lipinski definition) is 1. The summed E-state index contributed by atoms with van der Waals surface area (Å²) < 4.78 is 5.69. The molecule has 0 spiro atoms. The molecule has 0 bridgehead atoms. The summed E-state index contributed by atoms with van der Waals surface area (Å²) in [6.07, 6.45) is 4.93. The molecule has 3 heteroatoms. The van der Waals surface area contributed by atoms with Crippen LogP contribution in [0, 0.1) is 12.3 Å². The predicted molar refractivity (Wildman–Crippen MR) is 86.1 cm³/mol. The average molecular weight is 284 g/mol. The molecule has 2 N–H and O–H groups in total. The SMILES string of the molecule is Cc1cccc(-c2c(N)noc2C2CCCCC2(C)C)c1. The summed E-state index contributed by atoms with van der Waals surface area (Å²) in [4.78, 5) is 0. The Labute approximate surface area is 126 Å². The van der Waals surface area contributed by atoms with Crippen LogP contribution in [-0.4, -0.2) is 5.16 Å². The molecule has 2 aromatic rings. The summed E-state index contributed by atoms with van der Waals surface area (Å²) in [6, 6.07) is 8.40. The van der Waals surface area contributed by atoms with E-state index in [0.29, 0.717) is 11.7 Å². The number of nitrogen functional groups attached to an aromatic ring is 1. The largest absolute Gasteiger partial charge is 0.380 e. The van der Waals surface area contributed by atoms with Crippen LogP contribution >= 0.6 is 0 Å². The Balaban J connectivity index is 2.09. The Kier molecular flexibility index (Phi) is 3.52. The van der Waals surface area contributed by atoms with E-state index in [1.165, 1.54) is 24.8 Å². The average Bonchev–Trinajstić information content (AvgIpc) is 2.80. The van der Waals surface area contributed by atoms with Gasteiger partial charge in [-0.25, -0.2) is 0 Å². The van der Waals surface area contributed by atoms with Crippen molar-refractivity contribution in [3.63, 3.8) is 0 Å². The normalized spacial score (nSPS) is 21.4. The third kappa shape index (κ3) is 2.57. The summed E-state index contributed by atoms with van der Waals surface area (Å²) in [5.41, 5.74) is 9.69. The van der Waals surface area contributed by atoms with Crippen LogP contribution in [0.3, 0.4) is 0 Å². The second kappa shape index (κ2) is 5.21. The van der Waals surface area contributed by atoms with Crippen LogP contribution in [0.2, 0.25) is 0 Å². The van der Waals surface area contributed by atoms with Gasteiger partial charge in [-0.2, -0.15) is 0 Å². The molecule has 3 rings (SSSR count). The van der Waals surface area contributed by atoms with Gasteiger partial charge >= 0.3 is 0 Å². The van der Waals surface area contributed by atoms with Crippen molar-refractivity contribution in [2.75, 3.05) is 5.73 Å². The molecule has 3 nitrogen and oxygen atoms in total. The highest BCUT2D eigenvalue weighted by atomic mass is 16.5. The minimum Gasteiger partial charge on any atom is -0.380 e. The van der Waals surface area contributed by atoms with E-state index < -0.39 is 0 Å². The lowest BCUT2D eigenvalue weighted by atomic mass is 9.67. The van der Waals surface area contributed by atoms with E-state index in [-0.39, 0.29) is 5.41 Å². The zero-order chi connectivity index (χ0) is 15.0. The van der Waals surface area contributed by atoms with Gasteiger partial charge in [-0.1, -0.05) is 61.7 Å². The molecule has 21 heavy (non-hydrogen) atoms. The first-order chi connectivity index (χ1) is 9.99. The zero-order valence-corrected chi connectivity index (χ0v) is 13.1. The molecule has 0 aliphatic heterocycles. The fourth-order valence-electron chi connectivity index (χ4n) is 3.62. The Morgan fingerprint density at radius 1 is 1.29 bits per heavy atom. The van der Waals surface area contributed by atoms with E-state index in [0.717, 1.165) is 23.3 Å². The van der Waals surface area contributed by atoms with Crippen molar-refractivity contribution in [2.24, 2.45) is 5.41 Å². The molecule has 1 fully saturated rings. The number of aromatic nitrogens is 1. The number of rotatable bonds is 2. The van der Waals surface area contributed by atoms with Gasteiger partial charge in [-0.15, -0.1) is 0 Å². The minimum atomic E-state index is 0.239. The first-order valence-electron chi connectivity index (χ1n) is 7.81. The van der Waals surface area contributed by atoms with Gasteiger partial charge < -0.3 is 10.3 Å². The van der Waals surface area contributed by atoms with Gasteiger partial charge in [0, 0.05) is 5.92 Å². The molecule has 0 radical (unpaired) electrons. The highest BCUT2D eigenvalue weighted by molar-refractivity contribution is 5.76. The third-order valence-electron chi connectivity index (χ3n) is 4.88. The lowest BCUT2D eigenvalue weighted by Gasteiger charge is -2.37. The van der Waals surface area contributed by atoms with E-state index in [1.54, 1.807) is 0 Å². The number of anilines is 1. The van der Waals surface area contributed by atoms with E-state index in [2.05, 4.69) is 50.2 Å². The summed E-state index contributed by atoms with van der Waals surface area (Å²) in [7, 11) is 0. The van der Waals surface area contributed by atoms with Crippen molar-refractivity contribution in [1.82, 2.24) is 5.16 Å². The quantitative estimate of drug-likeness (QED) is 0.852. The second-order valence-electron chi connectivity index (χ2n) is 6.96. The predicted octanol–water partition coefficient (Wildman–Crippen LogP) is 4.92. The smallest absolute Gasteiger partial charge is 0.175 e. The lowest BCUT2D eigenvalue weighted by molar-refractivity contribution is 0.169. The number of benzene rings is 1. The number of nitrogens with two attached hydrogens (primary N) is 1. The van der Waals surface area contributed by atoms with Crippen molar-refractivity contribution < 1.29 is 4.52 Å². The van der Waals surface area contributed by atoms with Gasteiger partial charge in [0.05, 0.1) is 5.56 Å². The molecule has 1 aliphatic rings. The minimum absolute atomic E-state index is 0.239. The van der Waals surface area contributed by atoms with Crippen LogP contribution in [0.25, 0.3) is 11.1 Å². The Bertz CT molecular complexity index is 642. The first kappa shape index (κ1) is 14.2. The van der Waals surface area contributed by atoms with Crippen molar-refractivity contribution in [3.8, 4) is 11.1 Å². The maximum atomic E-state index is 6.11. The standard InChI is InChI=1S/C18H24N2O/c1-12-7-6-8-13(11-12)15-16(21-20-17(15)19)14-9-4-5-10-18(14,2)3/h6-8,11,14H,4-5,9-10H2,1-3H3,(H2,19,20). The highest BCUT2D eigenvalue weighted by Gasteiger charge is 2.38. The van der Waals surface area contributed by atoms with Crippen LogP contribution in [-0.2, 0) is 0 Å². The van der Waals surface area contributed by atoms with Crippen molar-refractivity contribution >= 4 is 5.82 Å². The van der Waals surface area contributed by atoms with Crippen LogP contribution < -0.4 is 5.73 Å². The molecule has 1 aromatic carbocycles. The molecule has 1 aliphatic carbocycles. The van der Waals surface area contributed by atoms with Crippen LogP contribution in [0.1, 0.15) is 56.8 Å². The van der Waals surface area contributed by atoms with Gasteiger partial charge in [0.25, 0.3) is 0 Å². The molecule has 1 aromatic heterocycles. The number of hydrogen-bond acceptors (Lipinski definition) is 3. The summed E-state index contributed by atoms with van der Waals surface area (Å²) in [6.45, 7) is 6.75. The van der Waals surface area contributed by atoms with E-state index >= 15 is 0 Å². The summed E-state index contributed by atoms with van der Waals surface area (Å²) in [5, 5.41) is 4.07. The first-order valence-corrected chi connectivity index (χ1v) is 7.81. The molecule has 1 unspecified atom stereocenters. The fraction of sp³-hybridized carbons (Fsp3) is 0.500. The molecule has 1 saturated carbocycles. The molecule has 1 atom stereocenters. The van der Waals surface area contributed by atoms with E-state index in [4.69, 9.17) is 10.3 Å². The van der Waals surface area contributed by atoms with Gasteiger partial charge in [-0.05, 0) is 30.7 Å². The van der Waals surface area contributed by atoms with Crippen LogP contribution in [0.4, 0.5) is 5.82 Å². The molecule has 0 amide bonds. The molecular formula is C18H24N2O.